The van der Waals surface area contributed by atoms with E-state index in [9.17, 15) is 9.90 Å². The fraction of sp³-hybridized carbons (Fsp3) is 0.238. The van der Waals surface area contributed by atoms with Crippen LogP contribution in [0.3, 0.4) is 0 Å². The van der Waals surface area contributed by atoms with Crippen molar-refractivity contribution in [2.45, 2.75) is 18.8 Å². The fourth-order valence-corrected chi connectivity index (χ4v) is 3.67. The number of rotatable bonds is 3. The summed E-state index contributed by atoms with van der Waals surface area (Å²) >= 11 is 6.01. The fourth-order valence-electron chi connectivity index (χ4n) is 3.48. The lowest BCUT2D eigenvalue weighted by molar-refractivity contribution is 0.0702. The first-order valence-corrected chi connectivity index (χ1v) is 9.29. The molecule has 1 saturated heterocycles. The van der Waals surface area contributed by atoms with Crippen molar-refractivity contribution in [2.75, 3.05) is 13.1 Å². The van der Waals surface area contributed by atoms with Crippen LogP contribution in [0.15, 0.2) is 59.1 Å². The molecule has 2 heterocycles. The molecule has 1 N–H and O–H groups in total. The van der Waals surface area contributed by atoms with Gasteiger partial charge in [0.1, 0.15) is 5.75 Å². The van der Waals surface area contributed by atoms with Crippen LogP contribution in [0.1, 0.15) is 34.8 Å². The Morgan fingerprint density at radius 3 is 2.56 bits per heavy atom. The Bertz CT molecular complexity index is 944. The molecule has 138 valence electrons. The largest absolute Gasteiger partial charge is 0.508 e. The number of carbonyl (C=O) groups is 1. The quantitative estimate of drug-likeness (QED) is 0.711. The second-order valence-electron chi connectivity index (χ2n) is 6.74. The molecule has 0 spiro atoms. The SMILES string of the molecule is O=C(c1cc(-c2cccc(Cl)c2)on1)N1CCC(c2ccc(O)cc2)CC1. The van der Waals surface area contributed by atoms with E-state index < -0.39 is 0 Å². The number of halogens is 1. The Kier molecular flexibility index (Phi) is 4.86. The van der Waals surface area contributed by atoms with Gasteiger partial charge in [-0.2, -0.15) is 0 Å². The summed E-state index contributed by atoms with van der Waals surface area (Å²) in [5.41, 5.74) is 2.30. The zero-order chi connectivity index (χ0) is 18.8. The van der Waals surface area contributed by atoms with Gasteiger partial charge in [-0.3, -0.25) is 4.79 Å². The number of amides is 1. The van der Waals surface area contributed by atoms with Crippen LogP contribution in [-0.4, -0.2) is 34.2 Å². The van der Waals surface area contributed by atoms with Crippen LogP contribution in [0, 0.1) is 0 Å². The number of nitrogens with zero attached hydrogens (tertiary/aromatic N) is 2. The number of carbonyl (C=O) groups excluding carboxylic acids is 1. The molecular weight excluding hydrogens is 364 g/mol. The number of phenols is 1. The summed E-state index contributed by atoms with van der Waals surface area (Å²) in [5.74, 6) is 1.08. The van der Waals surface area contributed by atoms with Crippen LogP contribution in [0.5, 0.6) is 5.75 Å². The van der Waals surface area contributed by atoms with Crippen LogP contribution in [-0.2, 0) is 0 Å². The topological polar surface area (TPSA) is 66.6 Å². The minimum atomic E-state index is -0.115. The lowest BCUT2D eigenvalue weighted by Crippen LogP contribution is -2.38. The van der Waals surface area contributed by atoms with Gasteiger partial charge in [0.05, 0.1) is 0 Å². The van der Waals surface area contributed by atoms with E-state index in [0.29, 0.717) is 35.5 Å². The highest BCUT2D eigenvalue weighted by atomic mass is 35.5. The van der Waals surface area contributed by atoms with E-state index in [4.69, 9.17) is 16.1 Å². The summed E-state index contributed by atoms with van der Waals surface area (Å²) in [6.45, 7) is 1.34. The third-order valence-electron chi connectivity index (χ3n) is 4.99. The van der Waals surface area contributed by atoms with Crippen LogP contribution in [0.2, 0.25) is 5.02 Å². The van der Waals surface area contributed by atoms with Crippen LogP contribution >= 0.6 is 11.6 Å². The standard InChI is InChI=1S/C21H19ClN2O3/c22-17-3-1-2-16(12-17)20-13-19(23-27-20)21(26)24-10-8-15(9-11-24)14-4-6-18(25)7-5-14/h1-7,12-13,15,25H,8-11H2. The number of piperidine rings is 1. The van der Waals surface area contributed by atoms with Crippen molar-refractivity contribution in [2.24, 2.45) is 0 Å². The summed E-state index contributed by atoms with van der Waals surface area (Å²) in [6.07, 6.45) is 1.77. The summed E-state index contributed by atoms with van der Waals surface area (Å²) in [6, 6.07) is 16.2. The molecule has 6 heteroatoms. The Balaban J connectivity index is 1.42. The van der Waals surface area contributed by atoms with E-state index in [1.54, 1.807) is 30.3 Å². The van der Waals surface area contributed by atoms with Gasteiger partial charge in [0.25, 0.3) is 5.91 Å². The molecule has 0 bridgehead atoms. The maximum absolute atomic E-state index is 12.7. The van der Waals surface area contributed by atoms with E-state index in [1.807, 2.05) is 29.2 Å². The molecule has 4 rings (SSSR count). The zero-order valence-electron chi connectivity index (χ0n) is 14.6. The normalized spacial score (nSPS) is 15.1. The van der Waals surface area contributed by atoms with Gasteiger partial charge in [0, 0.05) is 29.7 Å². The van der Waals surface area contributed by atoms with E-state index in [1.165, 1.54) is 5.56 Å². The van der Waals surface area contributed by atoms with Crippen LogP contribution in [0.25, 0.3) is 11.3 Å². The maximum Gasteiger partial charge on any atom is 0.276 e. The smallest absolute Gasteiger partial charge is 0.276 e. The zero-order valence-corrected chi connectivity index (χ0v) is 15.4. The molecule has 1 fully saturated rings. The van der Waals surface area contributed by atoms with Crippen molar-refractivity contribution >= 4 is 17.5 Å². The molecule has 1 amide bonds. The second-order valence-corrected chi connectivity index (χ2v) is 7.18. The molecular formula is C21H19ClN2O3. The minimum Gasteiger partial charge on any atom is -0.508 e. The lowest BCUT2D eigenvalue weighted by Gasteiger charge is -2.31. The number of aromatic nitrogens is 1. The summed E-state index contributed by atoms with van der Waals surface area (Å²) in [5, 5.41) is 14.0. The van der Waals surface area contributed by atoms with Crippen molar-refractivity contribution in [3.05, 3.63) is 70.9 Å². The van der Waals surface area contributed by atoms with E-state index >= 15 is 0 Å². The Labute approximate surface area is 162 Å². The van der Waals surface area contributed by atoms with Crippen molar-refractivity contribution in [3.63, 3.8) is 0 Å². The highest BCUT2D eigenvalue weighted by Gasteiger charge is 2.26. The number of benzene rings is 2. The van der Waals surface area contributed by atoms with Crippen molar-refractivity contribution in [1.29, 1.82) is 0 Å². The van der Waals surface area contributed by atoms with E-state index in [0.717, 1.165) is 18.4 Å². The molecule has 0 aliphatic carbocycles. The Morgan fingerprint density at radius 2 is 1.85 bits per heavy atom. The number of hydrogen-bond acceptors (Lipinski definition) is 4. The third-order valence-corrected chi connectivity index (χ3v) is 5.22. The van der Waals surface area contributed by atoms with Gasteiger partial charge in [-0.05, 0) is 48.6 Å². The first-order chi connectivity index (χ1) is 13.1. The Hall–Kier alpha value is -2.79. The number of likely N-dealkylation sites (tertiary alicyclic amines) is 1. The van der Waals surface area contributed by atoms with Gasteiger partial charge in [0.2, 0.25) is 0 Å². The molecule has 0 atom stereocenters. The molecule has 2 aromatic carbocycles. The first-order valence-electron chi connectivity index (χ1n) is 8.91. The van der Waals surface area contributed by atoms with Gasteiger partial charge >= 0.3 is 0 Å². The molecule has 3 aromatic rings. The summed E-state index contributed by atoms with van der Waals surface area (Å²) in [7, 11) is 0. The molecule has 0 saturated carbocycles. The van der Waals surface area contributed by atoms with Crippen LogP contribution in [0.4, 0.5) is 0 Å². The molecule has 1 aliphatic heterocycles. The van der Waals surface area contributed by atoms with E-state index in [2.05, 4.69) is 5.16 Å². The number of phenolic OH excluding ortho intramolecular Hbond substituents is 1. The van der Waals surface area contributed by atoms with Gasteiger partial charge in [-0.15, -0.1) is 0 Å². The lowest BCUT2D eigenvalue weighted by atomic mass is 9.89. The molecule has 5 nitrogen and oxygen atoms in total. The average Bonchev–Trinajstić information content (AvgIpc) is 3.18. The molecule has 1 aromatic heterocycles. The van der Waals surface area contributed by atoms with Crippen molar-refractivity contribution < 1.29 is 14.4 Å². The summed E-state index contributed by atoms with van der Waals surface area (Å²) in [4.78, 5) is 14.6. The van der Waals surface area contributed by atoms with Gasteiger partial charge in [-0.25, -0.2) is 0 Å². The summed E-state index contributed by atoms with van der Waals surface area (Å²) < 4.78 is 5.34. The van der Waals surface area contributed by atoms with Gasteiger partial charge in [0.15, 0.2) is 11.5 Å². The maximum atomic E-state index is 12.7. The average molecular weight is 383 g/mol. The number of hydrogen-bond donors (Lipinski definition) is 1. The second kappa shape index (κ2) is 7.45. The predicted octanol–water partition coefficient (Wildman–Crippen LogP) is 4.72. The number of aromatic hydroxyl groups is 1. The molecule has 0 unspecified atom stereocenters. The van der Waals surface area contributed by atoms with E-state index in [-0.39, 0.29) is 11.7 Å². The molecule has 1 aliphatic rings. The third kappa shape index (κ3) is 3.83. The minimum absolute atomic E-state index is 0.115. The van der Waals surface area contributed by atoms with Gasteiger partial charge < -0.3 is 14.5 Å². The Morgan fingerprint density at radius 1 is 1.11 bits per heavy atom. The van der Waals surface area contributed by atoms with Gasteiger partial charge in [-0.1, -0.05) is 41.0 Å². The van der Waals surface area contributed by atoms with Crippen molar-refractivity contribution in [3.8, 4) is 17.1 Å². The monoisotopic (exact) mass is 382 g/mol. The predicted molar refractivity (Wildman–Crippen MR) is 103 cm³/mol. The first kappa shape index (κ1) is 17.6. The van der Waals surface area contributed by atoms with Crippen LogP contribution < -0.4 is 0 Å². The highest BCUT2D eigenvalue weighted by molar-refractivity contribution is 6.30. The van der Waals surface area contributed by atoms with Crippen molar-refractivity contribution in [1.82, 2.24) is 10.1 Å². The molecule has 27 heavy (non-hydrogen) atoms. The highest BCUT2D eigenvalue weighted by Crippen LogP contribution is 2.30. The molecule has 0 radical (unpaired) electrons.